The van der Waals surface area contributed by atoms with Crippen molar-refractivity contribution in [2.45, 2.75) is 73.6 Å². The predicted molar refractivity (Wildman–Crippen MR) is 81.9 cm³/mol. The van der Waals surface area contributed by atoms with Gasteiger partial charge in [0.25, 0.3) is 0 Å². The van der Waals surface area contributed by atoms with Crippen molar-refractivity contribution >= 4 is 0 Å². The molecule has 18 heavy (non-hydrogen) atoms. The molecule has 1 aliphatic rings. The van der Waals surface area contributed by atoms with E-state index in [1.165, 1.54) is 51.7 Å². The summed E-state index contributed by atoms with van der Waals surface area (Å²) in [5.41, 5.74) is 1.02. The van der Waals surface area contributed by atoms with Gasteiger partial charge >= 0.3 is 0 Å². The van der Waals surface area contributed by atoms with E-state index in [0.717, 1.165) is 5.92 Å². The summed E-state index contributed by atoms with van der Waals surface area (Å²) in [6.45, 7) is 18.2. The fraction of sp³-hybridized carbons (Fsp3) is 1.00. The number of hydrogen-bond donors (Lipinski definition) is 0. The van der Waals surface area contributed by atoms with E-state index in [-0.39, 0.29) is 0 Å². The zero-order valence-corrected chi connectivity index (χ0v) is 13.7. The molecule has 0 aliphatic carbocycles. The first-order valence-corrected chi connectivity index (χ1v) is 7.88. The van der Waals surface area contributed by atoms with Crippen LogP contribution in [0.1, 0.15) is 73.6 Å². The van der Waals surface area contributed by atoms with E-state index in [4.69, 9.17) is 0 Å². The Bertz CT molecular complexity index is 223. The van der Waals surface area contributed by atoms with Crippen molar-refractivity contribution in [3.63, 3.8) is 0 Å². The molecule has 1 aliphatic heterocycles. The molecule has 0 spiro atoms. The summed E-state index contributed by atoms with van der Waals surface area (Å²) in [4.78, 5) is 2.69. The normalized spacial score (nSPS) is 20.3. The van der Waals surface area contributed by atoms with Crippen LogP contribution in [0.2, 0.25) is 0 Å². The molecule has 1 heterocycles. The monoisotopic (exact) mass is 253 g/mol. The minimum Gasteiger partial charge on any atom is -0.303 e. The predicted octanol–water partition coefficient (Wildman–Crippen LogP) is 4.96. The number of nitrogens with zero attached hydrogens (tertiary/aromatic N) is 1. The van der Waals surface area contributed by atoms with Crippen LogP contribution in [0.25, 0.3) is 0 Å². The number of piperidine rings is 1. The van der Waals surface area contributed by atoms with Crippen LogP contribution in [-0.2, 0) is 0 Å². The second-order valence-corrected chi connectivity index (χ2v) is 8.71. The van der Waals surface area contributed by atoms with Gasteiger partial charge in [-0.15, -0.1) is 0 Å². The van der Waals surface area contributed by atoms with Crippen molar-refractivity contribution in [1.29, 1.82) is 0 Å². The minimum absolute atomic E-state index is 0.505. The Balaban J connectivity index is 2.16. The maximum atomic E-state index is 2.69. The van der Waals surface area contributed by atoms with Crippen LogP contribution < -0.4 is 0 Å². The highest BCUT2D eigenvalue weighted by atomic mass is 15.1. The molecule has 1 fully saturated rings. The third-order valence-corrected chi connectivity index (χ3v) is 4.01. The second kappa shape index (κ2) is 6.41. The van der Waals surface area contributed by atoms with Gasteiger partial charge in [-0.05, 0) is 68.5 Å². The lowest BCUT2D eigenvalue weighted by Crippen LogP contribution is -2.35. The van der Waals surface area contributed by atoms with Crippen LogP contribution in [0, 0.1) is 16.7 Å². The van der Waals surface area contributed by atoms with E-state index < -0.39 is 0 Å². The van der Waals surface area contributed by atoms with Crippen LogP contribution in [-0.4, -0.2) is 24.5 Å². The molecule has 0 aromatic heterocycles. The van der Waals surface area contributed by atoms with Gasteiger partial charge in [-0.3, -0.25) is 0 Å². The average Bonchev–Trinajstić information content (AvgIpc) is 2.16. The maximum absolute atomic E-state index is 2.69. The molecule has 1 heteroatoms. The van der Waals surface area contributed by atoms with Gasteiger partial charge in [0.05, 0.1) is 0 Å². The molecule has 0 saturated carbocycles. The highest BCUT2D eigenvalue weighted by Gasteiger charge is 2.23. The summed E-state index contributed by atoms with van der Waals surface area (Å²) in [6, 6.07) is 0. The van der Waals surface area contributed by atoms with Crippen LogP contribution in [0.4, 0.5) is 0 Å². The fourth-order valence-electron chi connectivity index (χ4n) is 3.11. The minimum atomic E-state index is 0.505. The molecule has 108 valence electrons. The van der Waals surface area contributed by atoms with Gasteiger partial charge in [0.2, 0.25) is 0 Å². The summed E-state index contributed by atoms with van der Waals surface area (Å²) in [6.07, 6.45) is 6.98. The van der Waals surface area contributed by atoms with Crippen LogP contribution in [0.5, 0.6) is 0 Å². The lowest BCUT2D eigenvalue weighted by molar-refractivity contribution is 0.147. The molecule has 1 rings (SSSR count). The van der Waals surface area contributed by atoms with Gasteiger partial charge in [-0.1, -0.05) is 41.5 Å². The van der Waals surface area contributed by atoms with Crippen molar-refractivity contribution < 1.29 is 0 Å². The highest BCUT2D eigenvalue weighted by molar-refractivity contribution is 4.77. The van der Waals surface area contributed by atoms with Crippen molar-refractivity contribution in [1.82, 2.24) is 4.90 Å². The molecular formula is C17H35N. The van der Waals surface area contributed by atoms with Gasteiger partial charge in [-0.25, -0.2) is 0 Å². The van der Waals surface area contributed by atoms with E-state index in [0.29, 0.717) is 10.8 Å². The lowest BCUT2D eigenvalue weighted by Gasteiger charge is -2.35. The van der Waals surface area contributed by atoms with E-state index in [2.05, 4.69) is 46.4 Å². The van der Waals surface area contributed by atoms with Crippen LogP contribution in [0.15, 0.2) is 0 Å². The first-order chi connectivity index (χ1) is 8.16. The Labute approximate surface area is 115 Å². The van der Waals surface area contributed by atoms with Crippen molar-refractivity contribution in [3.05, 3.63) is 0 Å². The van der Waals surface area contributed by atoms with Gasteiger partial charge < -0.3 is 4.90 Å². The second-order valence-electron chi connectivity index (χ2n) is 8.71. The molecule has 1 saturated heterocycles. The third kappa shape index (κ3) is 7.41. The fourth-order valence-corrected chi connectivity index (χ4v) is 3.11. The quantitative estimate of drug-likeness (QED) is 0.684. The molecule has 1 nitrogen and oxygen atoms in total. The molecule has 0 aromatic rings. The third-order valence-electron chi connectivity index (χ3n) is 4.01. The van der Waals surface area contributed by atoms with E-state index in [1.807, 2.05) is 0 Å². The Hall–Kier alpha value is -0.0400. The standard InChI is InChI=1S/C17H35N/c1-16(2,3)10-7-11-18-12-8-15(9-13-18)14-17(4,5)6/h15H,7-14H2,1-6H3. The Morgan fingerprint density at radius 3 is 1.89 bits per heavy atom. The first-order valence-electron chi connectivity index (χ1n) is 7.88. The molecule has 0 radical (unpaired) electrons. The number of rotatable bonds is 4. The number of likely N-dealkylation sites (tertiary alicyclic amines) is 1. The highest BCUT2D eigenvalue weighted by Crippen LogP contribution is 2.31. The molecular weight excluding hydrogens is 218 g/mol. The molecule has 0 unspecified atom stereocenters. The first kappa shape index (κ1) is 16.0. The number of hydrogen-bond acceptors (Lipinski definition) is 1. The lowest BCUT2D eigenvalue weighted by atomic mass is 9.80. The molecule has 0 atom stereocenters. The molecule has 0 aromatic carbocycles. The van der Waals surface area contributed by atoms with Gasteiger partial charge in [0, 0.05) is 0 Å². The van der Waals surface area contributed by atoms with Crippen LogP contribution in [0.3, 0.4) is 0 Å². The Morgan fingerprint density at radius 2 is 1.44 bits per heavy atom. The van der Waals surface area contributed by atoms with E-state index in [9.17, 15) is 0 Å². The van der Waals surface area contributed by atoms with Crippen molar-refractivity contribution in [3.8, 4) is 0 Å². The topological polar surface area (TPSA) is 3.24 Å². The average molecular weight is 253 g/mol. The van der Waals surface area contributed by atoms with Crippen LogP contribution >= 0.6 is 0 Å². The summed E-state index contributed by atoms with van der Waals surface area (Å²) in [5, 5.41) is 0. The zero-order valence-electron chi connectivity index (χ0n) is 13.7. The molecule has 0 N–H and O–H groups in total. The summed E-state index contributed by atoms with van der Waals surface area (Å²) < 4.78 is 0. The largest absolute Gasteiger partial charge is 0.303 e. The summed E-state index contributed by atoms with van der Waals surface area (Å²) >= 11 is 0. The molecule has 0 amide bonds. The van der Waals surface area contributed by atoms with Gasteiger partial charge in [-0.2, -0.15) is 0 Å². The SMILES string of the molecule is CC(C)(C)CCCN1CCC(CC(C)(C)C)CC1. The van der Waals surface area contributed by atoms with E-state index >= 15 is 0 Å². The van der Waals surface area contributed by atoms with Crippen molar-refractivity contribution in [2.24, 2.45) is 16.7 Å². The maximum Gasteiger partial charge on any atom is -0.00161 e. The van der Waals surface area contributed by atoms with Gasteiger partial charge in [0.15, 0.2) is 0 Å². The van der Waals surface area contributed by atoms with Gasteiger partial charge in [0.1, 0.15) is 0 Å². The van der Waals surface area contributed by atoms with Crippen molar-refractivity contribution in [2.75, 3.05) is 19.6 Å². The zero-order chi connectivity index (χ0) is 13.8. The molecule has 0 bridgehead atoms. The Morgan fingerprint density at radius 1 is 0.889 bits per heavy atom. The van der Waals surface area contributed by atoms with E-state index in [1.54, 1.807) is 0 Å². The Kier molecular flexibility index (Phi) is 5.70. The summed E-state index contributed by atoms with van der Waals surface area (Å²) in [5.74, 6) is 0.976. The summed E-state index contributed by atoms with van der Waals surface area (Å²) in [7, 11) is 0. The smallest absolute Gasteiger partial charge is 0.00161 e.